The van der Waals surface area contributed by atoms with Crippen molar-refractivity contribution in [2.45, 2.75) is 0 Å². The molecule has 0 fully saturated rings. The Balaban J connectivity index is 2.77. The average molecular weight is 318 g/mol. The first kappa shape index (κ1) is 16.5. The Labute approximate surface area is 132 Å². The molecule has 0 aromatic heterocycles. The van der Waals surface area contributed by atoms with E-state index in [1.165, 1.54) is 38.5 Å². The van der Waals surface area contributed by atoms with Gasteiger partial charge in [-0.05, 0) is 24.3 Å². The molecule has 120 valence electrons. The molecule has 2 aromatic carbocycles. The molecule has 23 heavy (non-hydrogen) atoms. The summed E-state index contributed by atoms with van der Waals surface area (Å²) in [4.78, 5) is 23.9. The minimum atomic E-state index is -0.836. The highest BCUT2D eigenvalue weighted by molar-refractivity contribution is 6.03. The Morgan fingerprint density at radius 3 is 2.22 bits per heavy atom. The summed E-state index contributed by atoms with van der Waals surface area (Å²) in [6.45, 7) is 0. The van der Waals surface area contributed by atoms with E-state index in [0.717, 1.165) is 13.2 Å². The van der Waals surface area contributed by atoms with E-state index in [0.29, 0.717) is 11.3 Å². The SMILES string of the molecule is COC(=O)c1ccc(OC)cc1-c1cccc(F)c1C(=O)OC. The number of rotatable bonds is 4. The lowest BCUT2D eigenvalue weighted by Gasteiger charge is -2.13. The number of carbonyl (C=O) groups is 2. The monoisotopic (exact) mass is 318 g/mol. The van der Waals surface area contributed by atoms with Crippen molar-refractivity contribution in [3.63, 3.8) is 0 Å². The normalized spacial score (nSPS) is 10.1. The molecule has 6 heteroatoms. The molecule has 0 aliphatic heterocycles. The minimum absolute atomic E-state index is 0.184. The molecule has 0 saturated heterocycles. The van der Waals surface area contributed by atoms with Crippen molar-refractivity contribution >= 4 is 11.9 Å². The zero-order valence-corrected chi connectivity index (χ0v) is 12.9. The second kappa shape index (κ2) is 6.91. The molecule has 2 rings (SSSR count). The summed E-state index contributed by atoms with van der Waals surface area (Å²) in [5.74, 6) is -1.74. The third kappa shape index (κ3) is 3.15. The van der Waals surface area contributed by atoms with Crippen LogP contribution in [0.2, 0.25) is 0 Å². The molecule has 0 aliphatic carbocycles. The first-order valence-corrected chi connectivity index (χ1v) is 6.67. The number of carbonyl (C=O) groups excluding carboxylic acids is 2. The van der Waals surface area contributed by atoms with Crippen LogP contribution in [0.3, 0.4) is 0 Å². The molecule has 0 bridgehead atoms. The number of benzene rings is 2. The summed E-state index contributed by atoms with van der Waals surface area (Å²) in [6.07, 6.45) is 0. The van der Waals surface area contributed by atoms with Crippen LogP contribution in [-0.2, 0) is 9.47 Å². The van der Waals surface area contributed by atoms with Gasteiger partial charge in [-0.3, -0.25) is 0 Å². The van der Waals surface area contributed by atoms with E-state index in [9.17, 15) is 14.0 Å². The van der Waals surface area contributed by atoms with Gasteiger partial charge in [-0.25, -0.2) is 14.0 Å². The van der Waals surface area contributed by atoms with Crippen LogP contribution in [0.4, 0.5) is 4.39 Å². The van der Waals surface area contributed by atoms with Gasteiger partial charge in [0.25, 0.3) is 0 Å². The molecule has 0 aliphatic rings. The first-order chi connectivity index (χ1) is 11.0. The van der Waals surface area contributed by atoms with Gasteiger partial charge in [0.1, 0.15) is 17.1 Å². The number of esters is 2. The van der Waals surface area contributed by atoms with Gasteiger partial charge in [-0.1, -0.05) is 12.1 Å². The highest BCUT2D eigenvalue weighted by Gasteiger charge is 2.23. The van der Waals surface area contributed by atoms with Crippen LogP contribution < -0.4 is 4.74 Å². The first-order valence-electron chi connectivity index (χ1n) is 6.67. The lowest BCUT2D eigenvalue weighted by Crippen LogP contribution is -2.09. The summed E-state index contributed by atoms with van der Waals surface area (Å²) in [5.41, 5.74) is 0.463. The summed E-state index contributed by atoms with van der Waals surface area (Å²) >= 11 is 0. The standard InChI is InChI=1S/C17H15FO5/c1-21-10-7-8-12(16(19)22-2)13(9-10)11-5-4-6-14(18)15(11)17(20)23-3/h4-9H,1-3H3. The van der Waals surface area contributed by atoms with Gasteiger partial charge in [-0.2, -0.15) is 0 Å². The maximum absolute atomic E-state index is 14.1. The summed E-state index contributed by atoms with van der Waals surface area (Å²) in [6, 6.07) is 8.72. The van der Waals surface area contributed by atoms with Gasteiger partial charge in [0.15, 0.2) is 0 Å². The molecule has 0 N–H and O–H groups in total. The van der Waals surface area contributed by atoms with Gasteiger partial charge in [0.05, 0.1) is 26.9 Å². The number of hydrogen-bond acceptors (Lipinski definition) is 5. The largest absolute Gasteiger partial charge is 0.497 e. The lowest BCUT2D eigenvalue weighted by atomic mass is 9.94. The number of halogens is 1. The smallest absolute Gasteiger partial charge is 0.341 e. The van der Waals surface area contributed by atoms with Crippen LogP contribution in [0.5, 0.6) is 5.75 Å². The van der Waals surface area contributed by atoms with Gasteiger partial charge >= 0.3 is 11.9 Å². The Kier molecular flexibility index (Phi) is 4.95. The highest BCUT2D eigenvalue weighted by atomic mass is 19.1. The van der Waals surface area contributed by atoms with Crippen LogP contribution in [0.15, 0.2) is 36.4 Å². The number of methoxy groups -OCH3 is 3. The van der Waals surface area contributed by atoms with Crippen LogP contribution in [0.1, 0.15) is 20.7 Å². The van der Waals surface area contributed by atoms with E-state index < -0.39 is 17.8 Å². The molecular formula is C17H15FO5. The molecule has 0 atom stereocenters. The van der Waals surface area contributed by atoms with Crippen molar-refractivity contribution in [1.29, 1.82) is 0 Å². The highest BCUT2D eigenvalue weighted by Crippen LogP contribution is 2.32. The van der Waals surface area contributed by atoms with Gasteiger partial charge < -0.3 is 14.2 Å². The Morgan fingerprint density at radius 1 is 0.913 bits per heavy atom. The van der Waals surface area contributed by atoms with Crippen LogP contribution in [-0.4, -0.2) is 33.3 Å². The van der Waals surface area contributed by atoms with E-state index in [4.69, 9.17) is 9.47 Å². The molecule has 0 heterocycles. The molecule has 0 saturated carbocycles. The average Bonchev–Trinajstić information content (AvgIpc) is 2.59. The summed E-state index contributed by atoms with van der Waals surface area (Å²) in [7, 11) is 3.86. The second-order valence-electron chi connectivity index (χ2n) is 4.56. The zero-order chi connectivity index (χ0) is 17.0. The molecule has 0 amide bonds. The Hall–Kier alpha value is -2.89. The number of hydrogen-bond donors (Lipinski definition) is 0. The molecule has 5 nitrogen and oxygen atoms in total. The third-order valence-corrected chi connectivity index (χ3v) is 3.33. The van der Waals surface area contributed by atoms with Crippen molar-refractivity contribution in [3.8, 4) is 16.9 Å². The minimum Gasteiger partial charge on any atom is -0.497 e. The number of ether oxygens (including phenoxy) is 3. The van der Waals surface area contributed by atoms with E-state index in [1.807, 2.05) is 0 Å². The predicted molar refractivity (Wildman–Crippen MR) is 81.1 cm³/mol. The second-order valence-corrected chi connectivity index (χ2v) is 4.56. The summed E-state index contributed by atoms with van der Waals surface area (Å²) < 4.78 is 28.6. The van der Waals surface area contributed by atoms with Crippen molar-refractivity contribution in [2.75, 3.05) is 21.3 Å². The molecule has 0 radical (unpaired) electrons. The van der Waals surface area contributed by atoms with E-state index >= 15 is 0 Å². The quantitative estimate of drug-likeness (QED) is 0.811. The zero-order valence-electron chi connectivity index (χ0n) is 12.9. The molecular weight excluding hydrogens is 303 g/mol. The molecule has 2 aromatic rings. The fraction of sp³-hybridized carbons (Fsp3) is 0.176. The van der Waals surface area contributed by atoms with E-state index in [2.05, 4.69) is 4.74 Å². The van der Waals surface area contributed by atoms with E-state index in [1.54, 1.807) is 6.07 Å². The lowest BCUT2D eigenvalue weighted by molar-refractivity contribution is 0.0587. The predicted octanol–water partition coefficient (Wildman–Crippen LogP) is 3.07. The van der Waals surface area contributed by atoms with Gasteiger partial charge in [0.2, 0.25) is 0 Å². The van der Waals surface area contributed by atoms with E-state index in [-0.39, 0.29) is 16.7 Å². The maximum atomic E-state index is 14.1. The van der Waals surface area contributed by atoms with Crippen LogP contribution >= 0.6 is 0 Å². The van der Waals surface area contributed by atoms with Crippen molar-refractivity contribution in [2.24, 2.45) is 0 Å². The molecule has 0 unspecified atom stereocenters. The van der Waals surface area contributed by atoms with Gasteiger partial charge in [-0.15, -0.1) is 0 Å². The Morgan fingerprint density at radius 2 is 1.61 bits per heavy atom. The maximum Gasteiger partial charge on any atom is 0.341 e. The van der Waals surface area contributed by atoms with Crippen LogP contribution in [0.25, 0.3) is 11.1 Å². The third-order valence-electron chi connectivity index (χ3n) is 3.33. The van der Waals surface area contributed by atoms with Crippen molar-refractivity contribution in [3.05, 3.63) is 53.3 Å². The topological polar surface area (TPSA) is 61.8 Å². The Bertz CT molecular complexity index is 755. The fourth-order valence-electron chi connectivity index (χ4n) is 2.22. The summed E-state index contributed by atoms with van der Waals surface area (Å²) in [5, 5.41) is 0. The van der Waals surface area contributed by atoms with Crippen molar-refractivity contribution < 1.29 is 28.2 Å². The van der Waals surface area contributed by atoms with Crippen molar-refractivity contribution in [1.82, 2.24) is 0 Å². The fourth-order valence-corrected chi connectivity index (χ4v) is 2.22. The van der Waals surface area contributed by atoms with Gasteiger partial charge in [0, 0.05) is 11.1 Å². The van der Waals surface area contributed by atoms with Crippen LogP contribution in [0, 0.1) is 5.82 Å². The molecule has 0 spiro atoms.